The Labute approximate surface area is 85.3 Å². The minimum atomic E-state index is -3.64. The Morgan fingerprint density at radius 3 is 2.46 bits per heavy atom. The first kappa shape index (κ1) is 10.6. The maximum absolute atomic E-state index is 10.7. The van der Waals surface area contributed by atoms with Crippen LogP contribution in [-0.2, 0) is 14.8 Å². The molecule has 6 heteroatoms. The topological polar surface area (TPSA) is 54.4 Å². The van der Waals surface area contributed by atoms with E-state index >= 15 is 0 Å². The Morgan fingerprint density at radius 1 is 1.38 bits per heavy atom. The van der Waals surface area contributed by atoms with Gasteiger partial charge < -0.3 is 5.11 Å². The molecule has 0 aliphatic rings. The average Bonchev–Trinajstić information content (AvgIpc) is 1.93. The van der Waals surface area contributed by atoms with Crippen LogP contribution in [0.3, 0.4) is 0 Å². The van der Waals surface area contributed by atoms with Crippen LogP contribution in [0.2, 0.25) is 5.02 Å². The van der Waals surface area contributed by atoms with Crippen molar-refractivity contribution < 1.29 is 13.5 Å². The number of hydrogen-bond donors (Lipinski definition) is 1. The number of aromatic hydroxyl groups is 1. The van der Waals surface area contributed by atoms with Gasteiger partial charge in [0.05, 0.1) is 5.75 Å². The minimum absolute atomic E-state index is 0.170. The Kier molecular flexibility index (Phi) is 3.05. The third-order valence-corrected chi connectivity index (χ3v) is 2.59. The van der Waals surface area contributed by atoms with Crippen LogP contribution < -0.4 is 0 Å². The SMILES string of the molecule is O=S(=O)(Cl)Cc1ccc(Cl)cc1O. The summed E-state index contributed by atoms with van der Waals surface area (Å²) >= 11 is 5.55. The molecule has 3 nitrogen and oxygen atoms in total. The van der Waals surface area contributed by atoms with Gasteiger partial charge >= 0.3 is 0 Å². The van der Waals surface area contributed by atoms with Crippen LogP contribution in [0.4, 0.5) is 0 Å². The summed E-state index contributed by atoms with van der Waals surface area (Å²) in [5.74, 6) is -0.575. The van der Waals surface area contributed by atoms with Crippen molar-refractivity contribution in [2.24, 2.45) is 0 Å². The molecule has 1 aromatic carbocycles. The fraction of sp³-hybridized carbons (Fsp3) is 0.143. The molecule has 13 heavy (non-hydrogen) atoms. The molecule has 0 saturated heterocycles. The van der Waals surface area contributed by atoms with E-state index in [9.17, 15) is 13.5 Å². The number of phenolic OH excluding ortho intramolecular Hbond substituents is 1. The lowest BCUT2D eigenvalue weighted by molar-refractivity contribution is 0.470. The van der Waals surface area contributed by atoms with Gasteiger partial charge in [-0.1, -0.05) is 17.7 Å². The number of hydrogen-bond acceptors (Lipinski definition) is 3. The summed E-state index contributed by atoms with van der Waals surface area (Å²) in [4.78, 5) is 0. The zero-order valence-corrected chi connectivity index (χ0v) is 8.70. The molecule has 0 aliphatic carbocycles. The van der Waals surface area contributed by atoms with Crippen LogP contribution in [-0.4, -0.2) is 13.5 Å². The predicted molar refractivity (Wildman–Crippen MR) is 51.6 cm³/mol. The molecule has 0 bridgehead atoms. The Bertz CT molecular complexity index is 414. The molecule has 0 saturated carbocycles. The summed E-state index contributed by atoms with van der Waals surface area (Å²) in [6.07, 6.45) is 0. The first-order valence-corrected chi connectivity index (χ1v) is 6.14. The lowest BCUT2D eigenvalue weighted by Crippen LogP contribution is -1.95. The van der Waals surface area contributed by atoms with Gasteiger partial charge in [-0.25, -0.2) is 8.42 Å². The standard InChI is InChI=1S/C7H6Cl2O3S/c8-6-2-1-5(7(10)3-6)4-13(9,11)12/h1-3,10H,4H2. The van der Waals surface area contributed by atoms with Gasteiger partial charge in [0.25, 0.3) is 0 Å². The van der Waals surface area contributed by atoms with E-state index in [2.05, 4.69) is 0 Å². The van der Waals surface area contributed by atoms with Gasteiger partial charge in [0.1, 0.15) is 5.75 Å². The third kappa shape index (κ3) is 3.42. The highest BCUT2D eigenvalue weighted by molar-refractivity contribution is 8.13. The van der Waals surface area contributed by atoms with E-state index < -0.39 is 14.8 Å². The van der Waals surface area contributed by atoms with Crippen LogP contribution in [0, 0.1) is 0 Å². The highest BCUT2D eigenvalue weighted by atomic mass is 35.7. The van der Waals surface area contributed by atoms with Crippen LogP contribution in [0.1, 0.15) is 5.56 Å². The summed E-state index contributed by atoms with van der Waals surface area (Å²) < 4.78 is 21.3. The first-order valence-electron chi connectivity index (χ1n) is 3.28. The van der Waals surface area contributed by atoms with Crippen molar-refractivity contribution >= 4 is 31.3 Å². The molecule has 1 rings (SSSR count). The van der Waals surface area contributed by atoms with Crippen LogP contribution in [0.5, 0.6) is 5.75 Å². The van der Waals surface area contributed by atoms with Crippen molar-refractivity contribution in [3.63, 3.8) is 0 Å². The molecule has 0 amide bonds. The second-order valence-corrected chi connectivity index (χ2v) is 5.67. The van der Waals surface area contributed by atoms with E-state index in [1.54, 1.807) is 0 Å². The molecule has 1 N–H and O–H groups in total. The van der Waals surface area contributed by atoms with E-state index in [1.165, 1.54) is 18.2 Å². The summed E-state index contributed by atoms with van der Waals surface area (Å²) in [5, 5.41) is 9.59. The smallest absolute Gasteiger partial charge is 0.236 e. The molecule has 1 aromatic rings. The van der Waals surface area contributed by atoms with Gasteiger partial charge in [-0.15, -0.1) is 0 Å². The molecular weight excluding hydrogens is 235 g/mol. The average molecular weight is 241 g/mol. The second-order valence-electron chi connectivity index (χ2n) is 2.46. The van der Waals surface area contributed by atoms with Crippen molar-refractivity contribution in [3.05, 3.63) is 28.8 Å². The van der Waals surface area contributed by atoms with Crippen LogP contribution in [0.25, 0.3) is 0 Å². The van der Waals surface area contributed by atoms with Crippen molar-refractivity contribution in [1.29, 1.82) is 0 Å². The van der Waals surface area contributed by atoms with Crippen molar-refractivity contribution in [2.45, 2.75) is 5.75 Å². The summed E-state index contributed by atoms with van der Waals surface area (Å²) in [6.45, 7) is 0. The Morgan fingerprint density at radius 2 is 2.00 bits per heavy atom. The van der Waals surface area contributed by atoms with E-state index in [1.807, 2.05) is 0 Å². The van der Waals surface area contributed by atoms with E-state index in [4.69, 9.17) is 22.3 Å². The highest BCUT2D eigenvalue weighted by Gasteiger charge is 2.10. The second kappa shape index (κ2) is 3.74. The number of halogens is 2. The van der Waals surface area contributed by atoms with Gasteiger partial charge in [0.15, 0.2) is 0 Å². The molecular formula is C7H6Cl2O3S. The monoisotopic (exact) mass is 240 g/mol. The number of benzene rings is 1. The predicted octanol–water partition coefficient (Wildman–Crippen LogP) is 2.11. The van der Waals surface area contributed by atoms with Gasteiger partial charge in [-0.3, -0.25) is 0 Å². The zero-order valence-electron chi connectivity index (χ0n) is 6.37. The first-order chi connectivity index (χ1) is 5.88. The van der Waals surface area contributed by atoms with Gasteiger partial charge in [0, 0.05) is 21.3 Å². The normalized spacial score (nSPS) is 11.5. The van der Waals surface area contributed by atoms with Gasteiger partial charge in [-0.05, 0) is 12.1 Å². The number of rotatable bonds is 2. The minimum Gasteiger partial charge on any atom is -0.508 e. The fourth-order valence-electron chi connectivity index (χ4n) is 0.845. The zero-order chi connectivity index (χ0) is 10.1. The molecule has 0 aromatic heterocycles. The summed E-state index contributed by atoms with van der Waals surface area (Å²) in [7, 11) is 1.36. The molecule has 0 fully saturated rings. The summed E-state index contributed by atoms with van der Waals surface area (Å²) in [5.41, 5.74) is 0.236. The van der Waals surface area contributed by atoms with E-state index in [0.717, 1.165) is 0 Å². The maximum Gasteiger partial charge on any atom is 0.236 e. The molecule has 0 unspecified atom stereocenters. The lowest BCUT2D eigenvalue weighted by Gasteiger charge is -2.01. The Balaban J connectivity index is 3.04. The van der Waals surface area contributed by atoms with Crippen LogP contribution >= 0.6 is 22.3 Å². The maximum atomic E-state index is 10.7. The molecule has 72 valence electrons. The molecule has 0 radical (unpaired) electrons. The van der Waals surface area contributed by atoms with Crippen molar-refractivity contribution in [2.75, 3.05) is 0 Å². The van der Waals surface area contributed by atoms with Crippen LogP contribution in [0.15, 0.2) is 18.2 Å². The van der Waals surface area contributed by atoms with Gasteiger partial charge in [-0.2, -0.15) is 0 Å². The molecule has 0 aliphatic heterocycles. The summed E-state index contributed by atoms with van der Waals surface area (Å²) in [6, 6.07) is 4.16. The lowest BCUT2D eigenvalue weighted by atomic mass is 10.2. The molecule has 0 atom stereocenters. The fourth-order valence-corrected chi connectivity index (χ4v) is 1.98. The largest absolute Gasteiger partial charge is 0.508 e. The highest BCUT2D eigenvalue weighted by Crippen LogP contribution is 2.24. The van der Waals surface area contributed by atoms with E-state index in [0.29, 0.717) is 5.02 Å². The van der Waals surface area contributed by atoms with Gasteiger partial charge in [0.2, 0.25) is 9.05 Å². The quantitative estimate of drug-likeness (QED) is 0.807. The molecule has 0 heterocycles. The molecule has 0 spiro atoms. The van der Waals surface area contributed by atoms with E-state index in [-0.39, 0.29) is 11.3 Å². The third-order valence-electron chi connectivity index (χ3n) is 1.38. The van der Waals surface area contributed by atoms with Crippen molar-refractivity contribution in [1.82, 2.24) is 0 Å². The Hall–Kier alpha value is -0.450. The van der Waals surface area contributed by atoms with Crippen molar-refractivity contribution in [3.8, 4) is 5.75 Å². The number of phenols is 1.